The van der Waals surface area contributed by atoms with Crippen LogP contribution >= 0.6 is 0 Å². The third-order valence-corrected chi connectivity index (χ3v) is 4.36. The second-order valence-electron chi connectivity index (χ2n) is 5.89. The minimum Gasteiger partial charge on any atom is -0.465 e. The minimum atomic E-state index is -0.725. The molecule has 1 aromatic heterocycles. The maximum Gasteiger partial charge on any atom is 0.357 e. The average molecular weight is 375 g/mol. The van der Waals surface area contributed by atoms with Crippen molar-refractivity contribution in [3.05, 3.63) is 70.9 Å². The van der Waals surface area contributed by atoms with Crippen LogP contribution in [0.4, 0.5) is 0 Å². The summed E-state index contributed by atoms with van der Waals surface area (Å²) >= 11 is 0. The van der Waals surface area contributed by atoms with Crippen molar-refractivity contribution in [2.45, 2.75) is 6.92 Å². The summed E-state index contributed by atoms with van der Waals surface area (Å²) in [6.45, 7) is 1.76. The van der Waals surface area contributed by atoms with Crippen LogP contribution in [-0.4, -0.2) is 35.9 Å². The van der Waals surface area contributed by atoms with E-state index in [0.29, 0.717) is 22.4 Å². The Hall–Kier alpha value is -3.92. The number of aromatic nitrogens is 2. The van der Waals surface area contributed by atoms with Crippen LogP contribution in [0.5, 0.6) is 0 Å². The van der Waals surface area contributed by atoms with Gasteiger partial charge in [-0.05, 0) is 30.7 Å². The van der Waals surface area contributed by atoms with Crippen LogP contribution < -0.4 is 0 Å². The number of ether oxygens (including phenoxy) is 2. The van der Waals surface area contributed by atoms with Gasteiger partial charge in [0.2, 0.25) is 0 Å². The molecule has 0 aliphatic heterocycles. The van der Waals surface area contributed by atoms with E-state index in [1.54, 1.807) is 49.4 Å². The van der Waals surface area contributed by atoms with Gasteiger partial charge in [-0.15, -0.1) is 0 Å². The Morgan fingerprint density at radius 3 is 2.29 bits per heavy atom. The van der Waals surface area contributed by atoms with E-state index in [9.17, 15) is 14.9 Å². The van der Waals surface area contributed by atoms with E-state index in [0.717, 1.165) is 0 Å². The molecular weight excluding hydrogens is 358 g/mol. The molecule has 0 amide bonds. The molecule has 0 N–H and O–H groups in total. The Kier molecular flexibility index (Phi) is 5.23. The number of rotatable bonds is 4. The number of methoxy groups -OCH3 is 2. The first-order valence-electron chi connectivity index (χ1n) is 8.38. The molecule has 28 heavy (non-hydrogen) atoms. The molecule has 3 rings (SSSR count). The van der Waals surface area contributed by atoms with Crippen LogP contribution in [0, 0.1) is 18.3 Å². The molecule has 0 fully saturated rings. The van der Waals surface area contributed by atoms with Gasteiger partial charge in [-0.3, -0.25) is 0 Å². The fraction of sp³-hybridized carbons (Fsp3) is 0.143. The highest BCUT2D eigenvalue weighted by Gasteiger charge is 2.31. The lowest BCUT2D eigenvalue weighted by Crippen LogP contribution is -2.15. The van der Waals surface area contributed by atoms with Crippen molar-refractivity contribution in [1.82, 2.24) is 9.78 Å². The predicted molar refractivity (Wildman–Crippen MR) is 101 cm³/mol. The lowest BCUT2D eigenvalue weighted by molar-refractivity contribution is 0.0549. The monoisotopic (exact) mass is 375 g/mol. The minimum absolute atomic E-state index is 0.0172. The van der Waals surface area contributed by atoms with Gasteiger partial charge >= 0.3 is 11.9 Å². The van der Waals surface area contributed by atoms with Crippen LogP contribution in [0.1, 0.15) is 32.0 Å². The molecule has 0 saturated heterocycles. The number of nitrogens with zero attached hydrogens (tertiary/aromatic N) is 3. The average Bonchev–Trinajstić information content (AvgIpc) is 3.13. The molecule has 7 heteroatoms. The van der Waals surface area contributed by atoms with Crippen LogP contribution in [-0.2, 0) is 9.47 Å². The number of para-hydroxylation sites is 1. The smallest absolute Gasteiger partial charge is 0.357 e. The Labute approximate surface area is 161 Å². The normalized spacial score (nSPS) is 10.2. The van der Waals surface area contributed by atoms with Gasteiger partial charge in [0, 0.05) is 5.56 Å². The number of carbonyl (C=O) groups is 2. The highest BCUT2D eigenvalue weighted by molar-refractivity contribution is 6.07. The van der Waals surface area contributed by atoms with Crippen molar-refractivity contribution in [3.8, 4) is 23.0 Å². The largest absolute Gasteiger partial charge is 0.465 e. The Balaban J connectivity index is 2.41. The van der Waals surface area contributed by atoms with Gasteiger partial charge in [0.05, 0.1) is 31.5 Å². The van der Waals surface area contributed by atoms with Crippen molar-refractivity contribution in [1.29, 1.82) is 5.26 Å². The SMILES string of the molecule is COC(=O)c1c(-c2cccc(C#N)c2C)nn(-c2ccccc2)c1C(=O)OC. The van der Waals surface area contributed by atoms with E-state index in [1.165, 1.54) is 18.9 Å². The highest BCUT2D eigenvalue weighted by atomic mass is 16.5. The molecular formula is C21H17N3O4. The molecule has 2 aromatic carbocycles. The van der Waals surface area contributed by atoms with E-state index in [1.807, 2.05) is 6.07 Å². The molecule has 0 bridgehead atoms. The predicted octanol–water partition coefficient (Wildman–Crippen LogP) is 3.29. The Morgan fingerprint density at radius 1 is 1.00 bits per heavy atom. The molecule has 7 nitrogen and oxygen atoms in total. The maximum atomic E-state index is 12.6. The second kappa shape index (κ2) is 7.76. The zero-order valence-electron chi connectivity index (χ0n) is 15.6. The van der Waals surface area contributed by atoms with Gasteiger partial charge in [-0.2, -0.15) is 10.4 Å². The van der Waals surface area contributed by atoms with E-state index in [4.69, 9.17) is 9.47 Å². The van der Waals surface area contributed by atoms with Gasteiger partial charge < -0.3 is 9.47 Å². The standard InChI is InChI=1S/C21H17N3O4/c1-13-14(12-22)8-7-11-16(13)18-17(20(25)27-2)19(21(26)28-3)24(23-18)15-9-5-4-6-10-15/h4-11H,1-3H3. The van der Waals surface area contributed by atoms with Gasteiger partial charge in [0.15, 0.2) is 5.69 Å². The lowest BCUT2D eigenvalue weighted by atomic mass is 9.97. The number of benzene rings is 2. The summed E-state index contributed by atoms with van der Waals surface area (Å²) in [6, 6.07) is 16.1. The second-order valence-corrected chi connectivity index (χ2v) is 5.89. The van der Waals surface area contributed by atoms with E-state index < -0.39 is 11.9 Å². The van der Waals surface area contributed by atoms with Crippen LogP contribution in [0.25, 0.3) is 16.9 Å². The third-order valence-electron chi connectivity index (χ3n) is 4.36. The van der Waals surface area contributed by atoms with Gasteiger partial charge in [0.25, 0.3) is 0 Å². The molecule has 0 aliphatic rings. The molecule has 140 valence electrons. The summed E-state index contributed by atoms with van der Waals surface area (Å²) in [4.78, 5) is 25.2. The maximum absolute atomic E-state index is 12.6. The summed E-state index contributed by atoms with van der Waals surface area (Å²) in [7, 11) is 2.46. The fourth-order valence-electron chi connectivity index (χ4n) is 2.96. The first-order chi connectivity index (χ1) is 13.5. The molecule has 1 heterocycles. The zero-order valence-corrected chi connectivity index (χ0v) is 15.6. The molecule has 3 aromatic rings. The van der Waals surface area contributed by atoms with Crippen LogP contribution in [0.2, 0.25) is 0 Å². The number of nitriles is 1. The molecule has 0 aliphatic carbocycles. The summed E-state index contributed by atoms with van der Waals surface area (Å²) in [6.07, 6.45) is 0. The van der Waals surface area contributed by atoms with Gasteiger partial charge in [-0.25, -0.2) is 14.3 Å². The summed E-state index contributed by atoms with van der Waals surface area (Å²) in [5.74, 6) is -1.45. The summed E-state index contributed by atoms with van der Waals surface area (Å²) in [5.41, 5.74) is 2.40. The Bertz CT molecular complexity index is 1090. The van der Waals surface area contributed by atoms with Crippen molar-refractivity contribution in [2.24, 2.45) is 0 Å². The third kappa shape index (κ3) is 3.12. The lowest BCUT2D eigenvalue weighted by Gasteiger charge is -2.07. The van der Waals surface area contributed by atoms with Crippen molar-refractivity contribution in [3.63, 3.8) is 0 Å². The number of hydrogen-bond donors (Lipinski definition) is 0. The van der Waals surface area contributed by atoms with E-state index in [2.05, 4.69) is 11.2 Å². The van der Waals surface area contributed by atoms with E-state index in [-0.39, 0.29) is 17.0 Å². The van der Waals surface area contributed by atoms with Gasteiger partial charge in [0.1, 0.15) is 11.3 Å². The number of carbonyl (C=O) groups excluding carboxylic acids is 2. The summed E-state index contributed by atoms with van der Waals surface area (Å²) < 4.78 is 11.2. The molecule has 0 radical (unpaired) electrons. The fourth-order valence-corrected chi connectivity index (χ4v) is 2.96. The van der Waals surface area contributed by atoms with Gasteiger partial charge in [-0.1, -0.05) is 30.3 Å². The zero-order chi connectivity index (χ0) is 20.3. The first kappa shape index (κ1) is 18.9. The highest BCUT2D eigenvalue weighted by Crippen LogP contribution is 2.32. The Morgan fingerprint density at radius 2 is 1.68 bits per heavy atom. The molecule has 0 atom stereocenters. The summed E-state index contributed by atoms with van der Waals surface area (Å²) in [5, 5.41) is 13.9. The van der Waals surface area contributed by atoms with Crippen molar-refractivity contribution >= 4 is 11.9 Å². The van der Waals surface area contributed by atoms with Crippen LogP contribution in [0.15, 0.2) is 48.5 Å². The van der Waals surface area contributed by atoms with Crippen LogP contribution in [0.3, 0.4) is 0 Å². The molecule has 0 unspecified atom stereocenters. The van der Waals surface area contributed by atoms with Crippen molar-refractivity contribution in [2.75, 3.05) is 14.2 Å². The number of hydrogen-bond acceptors (Lipinski definition) is 6. The van der Waals surface area contributed by atoms with Crippen molar-refractivity contribution < 1.29 is 19.1 Å². The van der Waals surface area contributed by atoms with E-state index >= 15 is 0 Å². The quantitative estimate of drug-likeness (QED) is 0.650. The number of esters is 2. The first-order valence-corrected chi connectivity index (χ1v) is 8.38. The molecule has 0 saturated carbocycles. The topological polar surface area (TPSA) is 94.2 Å². The molecule has 0 spiro atoms.